The van der Waals surface area contributed by atoms with Gasteiger partial charge < -0.3 is 19.0 Å². The van der Waals surface area contributed by atoms with E-state index in [4.69, 9.17) is 9.16 Å². The molecular formula is C32H44N6O3Si. The summed E-state index contributed by atoms with van der Waals surface area (Å²) >= 11 is 0. The molecule has 10 heteroatoms. The highest BCUT2D eigenvalue weighted by Crippen LogP contribution is 2.40. The van der Waals surface area contributed by atoms with E-state index in [1.807, 2.05) is 36.4 Å². The van der Waals surface area contributed by atoms with Crippen molar-refractivity contribution in [2.24, 2.45) is 7.05 Å². The summed E-state index contributed by atoms with van der Waals surface area (Å²) < 4.78 is 16.3. The summed E-state index contributed by atoms with van der Waals surface area (Å²) in [4.78, 5) is 17.1. The monoisotopic (exact) mass is 588 g/mol. The number of aryl methyl sites for hydroxylation is 2. The van der Waals surface area contributed by atoms with Crippen LogP contribution in [0.3, 0.4) is 0 Å². The van der Waals surface area contributed by atoms with Crippen LogP contribution in [-0.4, -0.2) is 71.5 Å². The number of anilines is 1. The Morgan fingerprint density at radius 2 is 1.67 bits per heavy atom. The normalized spacial score (nSPS) is 15.3. The van der Waals surface area contributed by atoms with E-state index in [1.54, 1.807) is 9.58 Å². The van der Waals surface area contributed by atoms with Crippen molar-refractivity contribution in [1.82, 2.24) is 24.3 Å². The van der Waals surface area contributed by atoms with Crippen molar-refractivity contribution in [3.63, 3.8) is 0 Å². The molecule has 1 amide bonds. The Morgan fingerprint density at radius 3 is 2.31 bits per heavy atom. The minimum absolute atomic E-state index is 0.0923. The molecular weight excluding hydrogens is 544 g/mol. The van der Waals surface area contributed by atoms with Crippen LogP contribution in [0, 0.1) is 6.92 Å². The van der Waals surface area contributed by atoms with Gasteiger partial charge in [0.1, 0.15) is 0 Å². The second-order valence-electron chi connectivity index (χ2n) is 12.8. The van der Waals surface area contributed by atoms with E-state index in [1.165, 1.54) is 5.56 Å². The quantitative estimate of drug-likeness (QED) is 0.220. The summed E-state index contributed by atoms with van der Waals surface area (Å²) in [5.74, 6) is 0. The second-order valence-corrected chi connectivity index (χ2v) is 17.6. The van der Waals surface area contributed by atoms with Gasteiger partial charge >= 0.3 is 6.09 Å². The predicted molar refractivity (Wildman–Crippen MR) is 169 cm³/mol. The number of carbonyl (C=O) groups is 1. The van der Waals surface area contributed by atoms with Crippen LogP contribution in [0.1, 0.15) is 44.4 Å². The van der Waals surface area contributed by atoms with Crippen LogP contribution in [0.4, 0.5) is 10.5 Å². The Balaban J connectivity index is 1.16. The van der Waals surface area contributed by atoms with Crippen LogP contribution in [0.5, 0.6) is 0 Å². The lowest BCUT2D eigenvalue weighted by atomic mass is 10.1. The Hall–Kier alpha value is -3.63. The van der Waals surface area contributed by atoms with Crippen molar-refractivity contribution in [1.29, 1.82) is 0 Å². The van der Waals surface area contributed by atoms with Gasteiger partial charge in [-0.1, -0.05) is 56.7 Å². The zero-order valence-electron chi connectivity index (χ0n) is 26.0. The highest BCUT2D eigenvalue weighted by atomic mass is 28.4. The van der Waals surface area contributed by atoms with Gasteiger partial charge in [0.05, 0.1) is 36.3 Å². The first-order valence-corrected chi connectivity index (χ1v) is 17.7. The van der Waals surface area contributed by atoms with Crippen LogP contribution in [-0.2, 0) is 16.2 Å². The molecule has 1 saturated heterocycles. The molecule has 1 atom stereocenters. The summed E-state index contributed by atoms with van der Waals surface area (Å²) in [6.07, 6.45) is 8.05. The number of fused-ring (bicyclic) bond motifs is 1. The highest BCUT2D eigenvalue weighted by Gasteiger charge is 2.39. The largest absolute Gasteiger partial charge is 0.449 e. The SMILES string of the molecule is Cc1ccc(C(CCOC(=O)N2CCN(c3cnn4cc(-c5cnn(C)c5)ccc34)CC2)O[Si](C)(C)C(C)(C)C)cc1. The zero-order valence-corrected chi connectivity index (χ0v) is 27.0. The van der Waals surface area contributed by atoms with E-state index < -0.39 is 8.32 Å². The van der Waals surface area contributed by atoms with Gasteiger partial charge in [-0.25, -0.2) is 9.31 Å². The van der Waals surface area contributed by atoms with Crippen molar-refractivity contribution in [2.75, 3.05) is 37.7 Å². The molecule has 1 unspecified atom stereocenters. The molecule has 1 fully saturated rings. The lowest BCUT2D eigenvalue weighted by Crippen LogP contribution is -2.49. The minimum Gasteiger partial charge on any atom is -0.449 e. The molecule has 4 heterocycles. The lowest BCUT2D eigenvalue weighted by Gasteiger charge is -2.39. The van der Waals surface area contributed by atoms with Gasteiger partial charge in [-0.3, -0.25) is 4.68 Å². The van der Waals surface area contributed by atoms with E-state index in [0.29, 0.717) is 26.1 Å². The molecule has 5 rings (SSSR count). The molecule has 224 valence electrons. The molecule has 1 aromatic carbocycles. The molecule has 1 aliphatic heterocycles. The van der Waals surface area contributed by atoms with Gasteiger partial charge in [-0.2, -0.15) is 10.2 Å². The van der Waals surface area contributed by atoms with E-state index in [0.717, 1.165) is 41.0 Å². The number of benzene rings is 1. The van der Waals surface area contributed by atoms with Crippen molar-refractivity contribution in [2.45, 2.75) is 58.4 Å². The summed E-state index contributed by atoms with van der Waals surface area (Å²) in [6.45, 7) is 16.3. The number of pyridine rings is 1. The van der Waals surface area contributed by atoms with E-state index in [-0.39, 0.29) is 17.2 Å². The summed E-state index contributed by atoms with van der Waals surface area (Å²) in [6, 6.07) is 12.7. The number of hydrogen-bond donors (Lipinski definition) is 0. The van der Waals surface area contributed by atoms with E-state index in [9.17, 15) is 4.79 Å². The maximum absolute atomic E-state index is 13.0. The number of amides is 1. The molecule has 0 N–H and O–H groups in total. The lowest BCUT2D eigenvalue weighted by molar-refractivity contribution is 0.0804. The fraction of sp³-hybridized carbons (Fsp3) is 0.469. The highest BCUT2D eigenvalue weighted by molar-refractivity contribution is 6.74. The van der Waals surface area contributed by atoms with Gasteiger partial charge in [0, 0.05) is 63.2 Å². The third-order valence-electron chi connectivity index (χ3n) is 8.71. The molecule has 42 heavy (non-hydrogen) atoms. The number of ether oxygens (including phenoxy) is 1. The van der Waals surface area contributed by atoms with Gasteiger partial charge in [0.25, 0.3) is 0 Å². The number of carbonyl (C=O) groups excluding carboxylic acids is 1. The smallest absolute Gasteiger partial charge is 0.409 e. The van der Waals surface area contributed by atoms with Crippen LogP contribution in [0.2, 0.25) is 18.1 Å². The molecule has 0 saturated carbocycles. The van der Waals surface area contributed by atoms with Crippen molar-refractivity contribution < 1.29 is 14.0 Å². The number of piperazine rings is 1. The third kappa shape index (κ3) is 6.55. The third-order valence-corrected chi connectivity index (χ3v) is 13.2. The number of rotatable bonds is 8. The Labute approximate surface area is 250 Å². The average Bonchev–Trinajstić information content (AvgIpc) is 3.58. The number of hydrogen-bond acceptors (Lipinski definition) is 6. The standard InChI is InChI=1S/C32H44N6O3Si/c1-24-8-10-25(11-9-24)30(41-42(6,7)32(2,3)4)14-19-40-31(39)37-17-15-36(16-18-37)29-21-34-38-23-26(12-13-28(29)38)27-20-33-35(5)22-27/h8-13,20-23,30H,14-19H2,1-7H3. The second kappa shape index (κ2) is 11.9. The zero-order chi connectivity index (χ0) is 30.1. The Kier molecular flexibility index (Phi) is 8.48. The predicted octanol–water partition coefficient (Wildman–Crippen LogP) is 6.46. The fourth-order valence-corrected chi connectivity index (χ4v) is 6.36. The van der Waals surface area contributed by atoms with Crippen LogP contribution >= 0.6 is 0 Å². The van der Waals surface area contributed by atoms with Crippen molar-refractivity contribution >= 4 is 25.6 Å². The maximum atomic E-state index is 13.0. The number of nitrogens with zero attached hydrogens (tertiary/aromatic N) is 6. The molecule has 0 aliphatic carbocycles. The Morgan fingerprint density at radius 1 is 0.952 bits per heavy atom. The summed E-state index contributed by atoms with van der Waals surface area (Å²) in [7, 11) is -0.101. The van der Waals surface area contributed by atoms with Gasteiger partial charge in [-0.05, 0) is 36.7 Å². The van der Waals surface area contributed by atoms with Crippen molar-refractivity contribution in [3.8, 4) is 11.1 Å². The number of aromatic nitrogens is 4. The van der Waals surface area contributed by atoms with Gasteiger partial charge in [0.15, 0.2) is 8.32 Å². The van der Waals surface area contributed by atoms with Crippen LogP contribution in [0.15, 0.2) is 61.2 Å². The first-order valence-electron chi connectivity index (χ1n) is 14.8. The first-order chi connectivity index (χ1) is 19.9. The summed E-state index contributed by atoms with van der Waals surface area (Å²) in [5, 5.41) is 8.96. The fourth-order valence-electron chi connectivity index (χ4n) is 5.04. The molecule has 0 spiro atoms. The first kappa shape index (κ1) is 29.8. The van der Waals surface area contributed by atoms with Crippen LogP contribution < -0.4 is 4.90 Å². The maximum Gasteiger partial charge on any atom is 0.409 e. The molecule has 0 bridgehead atoms. The van der Waals surface area contributed by atoms with E-state index in [2.05, 4.69) is 92.3 Å². The average molecular weight is 589 g/mol. The van der Waals surface area contributed by atoms with Crippen LogP contribution in [0.25, 0.3) is 16.6 Å². The minimum atomic E-state index is -2.01. The van der Waals surface area contributed by atoms with Gasteiger partial charge in [0.2, 0.25) is 0 Å². The molecule has 9 nitrogen and oxygen atoms in total. The van der Waals surface area contributed by atoms with Gasteiger partial charge in [-0.15, -0.1) is 0 Å². The Bertz CT molecular complexity index is 1510. The topological polar surface area (TPSA) is 77.1 Å². The summed E-state index contributed by atoms with van der Waals surface area (Å²) in [5.41, 5.74) is 6.59. The van der Waals surface area contributed by atoms with E-state index >= 15 is 0 Å². The molecule has 1 aliphatic rings. The molecule has 3 aromatic heterocycles. The van der Waals surface area contributed by atoms with Crippen molar-refractivity contribution in [3.05, 3.63) is 72.3 Å². The molecule has 4 aromatic rings. The molecule has 0 radical (unpaired) electrons.